The molecule has 0 unspecified atom stereocenters. The van der Waals surface area contributed by atoms with Crippen molar-refractivity contribution in [3.05, 3.63) is 36.1 Å². The number of urea groups is 1. The van der Waals surface area contributed by atoms with Crippen LogP contribution in [0.5, 0.6) is 0 Å². The molecule has 1 spiro atoms. The van der Waals surface area contributed by atoms with E-state index in [1.54, 1.807) is 24.3 Å². The monoisotopic (exact) mass is 370 g/mol. The van der Waals surface area contributed by atoms with Gasteiger partial charge in [-0.3, -0.25) is 19.3 Å². The number of hydrogen-bond acceptors (Lipinski definition) is 6. The van der Waals surface area contributed by atoms with E-state index in [1.807, 2.05) is 6.07 Å². The number of carbonyl (C=O) groups excluding carboxylic acids is 4. The van der Waals surface area contributed by atoms with E-state index in [0.29, 0.717) is 18.4 Å². The van der Waals surface area contributed by atoms with E-state index in [-0.39, 0.29) is 5.76 Å². The predicted octanol–water partition coefficient (Wildman–Crippen LogP) is 2.02. The standard InChI is InChI=1S/C19H18N2O6/c22-13(15-9-12-5-1-2-6-14(12)27-15)11-26-16(23)10-21-17(24)19(20-18(21)25)7-3-4-8-19/h1-2,5-6,9H,3-4,7-8,10-11H2,(H,20,25). The number of Topliss-reactive ketones (excluding diaryl/α,β-unsaturated/α-hetero) is 1. The molecule has 1 saturated heterocycles. The van der Waals surface area contributed by atoms with Crippen LogP contribution in [0.15, 0.2) is 34.7 Å². The lowest BCUT2D eigenvalue weighted by atomic mass is 9.98. The highest BCUT2D eigenvalue weighted by atomic mass is 16.5. The molecule has 140 valence electrons. The number of para-hydroxylation sites is 1. The average Bonchev–Trinajstić information content (AvgIpc) is 3.35. The van der Waals surface area contributed by atoms with Crippen molar-refractivity contribution in [1.82, 2.24) is 10.2 Å². The van der Waals surface area contributed by atoms with Crippen molar-refractivity contribution in [2.24, 2.45) is 0 Å². The summed E-state index contributed by atoms with van der Waals surface area (Å²) in [6, 6.07) is 8.12. The van der Waals surface area contributed by atoms with E-state index >= 15 is 0 Å². The minimum absolute atomic E-state index is 0.0869. The van der Waals surface area contributed by atoms with Gasteiger partial charge in [-0.2, -0.15) is 0 Å². The lowest BCUT2D eigenvalue weighted by molar-refractivity contribution is -0.146. The fraction of sp³-hybridized carbons (Fsp3) is 0.368. The summed E-state index contributed by atoms with van der Waals surface area (Å²) in [5, 5.41) is 3.46. The van der Waals surface area contributed by atoms with Crippen LogP contribution in [0.4, 0.5) is 4.79 Å². The number of imide groups is 1. The van der Waals surface area contributed by atoms with Gasteiger partial charge < -0.3 is 14.5 Å². The number of carbonyl (C=O) groups is 4. The van der Waals surface area contributed by atoms with E-state index in [4.69, 9.17) is 9.15 Å². The molecule has 2 heterocycles. The molecule has 4 rings (SSSR count). The van der Waals surface area contributed by atoms with Gasteiger partial charge in [0.2, 0.25) is 5.78 Å². The van der Waals surface area contributed by atoms with Gasteiger partial charge in [-0.15, -0.1) is 0 Å². The Bertz CT molecular complexity index is 908. The fourth-order valence-electron chi connectivity index (χ4n) is 3.65. The van der Waals surface area contributed by atoms with Crippen LogP contribution in [-0.2, 0) is 14.3 Å². The Morgan fingerprint density at radius 3 is 2.67 bits per heavy atom. The molecule has 0 atom stereocenters. The first kappa shape index (κ1) is 17.3. The molecule has 1 aliphatic heterocycles. The minimum atomic E-state index is -0.874. The van der Waals surface area contributed by atoms with Gasteiger partial charge in [0.05, 0.1) is 0 Å². The van der Waals surface area contributed by atoms with Crippen molar-refractivity contribution in [2.75, 3.05) is 13.2 Å². The fourth-order valence-corrected chi connectivity index (χ4v) is 3.65. The van der Waals surface area contributed by atoms with Crippen molar-refractivity contribution in [3.8, 4) is 0 Å². The Labute approximate surface area is 154 Å². The first-order chi connectivity index (χ1) is 13.0. The van der Waals surface area contributed by atoms with Crippen molar-refractivity contribution in [2.45, 2.75) is 31.2 Å². The maximum atomic E-state index is 12.5. The molecule has 3 amide bonds. The smallest absolute Gasteiger partial charge is 0.326 e. The molecule has 1 N–H and O–H groups in total. The highest BCUT2D eigenvalue weighted by Crippen LogP contribution is 2.34. The topological polar surface area (TPSA) is 106 Å². The van der Waals surface area contributed by atoms with E-state index < -0.39 is 42.4 Å². The van der Waals surface area contributed by atoms with Crippen molar-refractivity contribution < 1.29 is 28.3 Å². The summed E-state index contributed by atoms with van der Waals surface area (Å²) in [6.07, 6.45) is 2.87. The number of benzene rings is 1. The molecule has 1 aromatic carbocycles. The maximum absolute atomic E-state index is 12.5. The number of fused-ring (bicyclic) bond motifs is 1. The van der Waals surface area contributed by atoms with Crippen LogP contribution in [0.1, 0.15) is 36.2 Å². The number of nitrogens with one attached hydrogen (secondary N) is 1. The van der Waals surface area contributed by atoms with Gasteiger partial charge in [-0.05, 0) is 25.0 Å². The zero-order chi connectivity index (χ0) is 19.0. The minimum Gasteiger partial charge on any atom is -0.456 e. The number of hydrogen-bond donors (Lipinski definition) is 1. The van der Waals surface area contributed by atoms with Crippen LogP contribution in [0.25, 0.3) is 11.0 Å². The van der Waals surface area contributed by atoms with Gasteiger partial charge in [0, 0.05) is 5.39 Å². The second-order valence-corrected chi connectivity index (χ2v) is 6.84. The molecule has 0 radical (unpaired) electrons. The third-order valence-electron chi connectivity index (χ3n) is 5.05. The number of furan rings is 1. The highest BCUT2D eigenvalue weighted by molar-refractivity contribution is 6.09. The summed E-state index contributed by atoms with van der Waals surface area (Å²) >= 11 is 0. The van der Waals surface area contributed by atoms with Crippen molar-refractivity contribution >= 4 is 34.7 Å². The molecule has 2 fully saturated rings. The molecule has 8 heteroatoms. The summed E-state index contributed by atoms with van der Waals surface area (Å²) < 4.78 is 10.4. The largest absolute Gasteiger partial charge is 0.456 e. The Morgan fingerprint density at radius 2 is 1.93 bits per heavy atom. The van der Waals surface area contributed by atoms with Crippen LogP contribution < -0.4 is 5.32 Å². The zero-order valence-corrected chi connectivity index (χ0v) is 14.5. The van der Waals surface area contributed by atoms with Gasteiger partial charge in [0.15, 0.2) is 12.4 Å². The molecule has 1 aromatic heterocycles. The first-order valence-corrected chi connectivity index (χ1v) is 8.80. The normalized spacial score (nSPS) is 18.3. The highest BCUT2D eigenvalue weighted by Gasteiger charge is 2.52. The maximum Gasteiger partial charge on any atom is 0.326 e. The van der Waals surface area contributed by atoms with Crippen molar-refractivity contribution in [1.29, 1.82) is 0 Å². The number of ketones is 1. The average molecular weight is 370 g/mol. The van der Waals surface area contributed by atoms with Gasteiger partial charge >= 0.3 is 12.0 Å². The number of esters is 1. The van der Waals surface area contributed by atoms with Crippen LogP contribution in [0.3, 0.4) is 0 Å². The quantitative estimate of drug-likeness (QED) is 0.490. The Morgan fingerprint density at radius 1 is 1.19 bits per heavy atom. The van der Waals surface area contributed by atoms with E-state index in [1.165, 1.54) is 0 Å². The van der Waals surface area contributed by atoms with E-state index in [0.717, 1.165) is 23.1 Å². The van der Waals surface area contributed by atoms with Crippen LogP contribution in [-0.4, -0.2) is 47.3 Å². The van der Waals surface area contributed by atoms with Crippen molar-refractivity contribution in [3.63, 3.8) is 0 Å². The SMILES string of the molecule is O=C(CN1C(=O)NC2(CCCC2)C1=O)OCC(=O)c1cc2ccccc2o1. The summed E-state index contributed by atoms with van der Waals surface area (Å²) in [5.74, 6) is -1.63. The second kappa shape index (κ2) is 6.53. The Hall–Kier alpha value is -3.16. The lowest BCUT2D eigenvalue weighted by Gasteiger charge is -2.19. The number of rotatable bonds is 5. The van der Waals surface area contributed by atoms with Gasteiger partial charge in [0.25, 0.3) is 5.91 Å². The van der Waals surface area contributed by atoms with Gasteiger partial charge in [0.1, 0.15) is 17.7 Å². The molecule has 1 aliphatic carbocycles. The molecule has 1 saturated carbocycles. The van der Waals surface area contributed by atoms with Crippen LogP contribution in [0.2, 0.25) is 0 Å². The molecule has 2 aromatic rings. The summed E-state index contributed by atoms with van der Waals surface area (Å²) in [6.45, 7) is -1.03. The Kier molecular flexibility index (Phi) is 4.18. The molecule has 0 bridgehead atoms. The zero-order valence-electron chi connectivity index (χ0n) is 14.5. The number of nitrogens with zero attached hydrogens (tertiary/aromatic N) is 1. The molecular weight excluding hydrogens is 352 g/mol. The third-order valence-corrected chi connectivity index (χ3v) is 5.05. The predicted molar refractivity (Wildman–Crippen MR) is 92.9 cm³/mol. The lowest BCUT2D eigenvalue weighted by Crippen LogP contribution is -2.44. The van der Waals surface area contributed by atoms with Gasteiger partial charge in [-0.25, -0.2) is 4.79 Å². The van der Waals surface area contributed by atoms with Crippen LogP contribution in [0, 0.1) is 0 Å². The van der Waals surface area contributed by atoms with Gasteiger partial charge in [-0.1, -0.05) is 31.0 Å². The second-order valence-electron chi connectivity index (χ2n) is 6.84. The molecule has 2 aliphatic rings. The molecule has 8 nitrogen and oxygen atoms in total. The summed E-state index contributed by atoms with van der Waals surface area (Å²) in [7, 11) is 0. The van der Waals surface area contributed by atoms with Crippen LogP contribution >= 0.6 is 0 Å². The number of ether oxygens (including phenoxy) is 1. The summed E-state index contributed by atoms with van der Waals surface area (Å²) in [5.41, 5.74) is -0.310. The van der Waals surface area contributed by atoms with E-state index in [2.05, 4.69) is 5.32 Å². The third kappa shape index (κ3) is 3.07. The summed E-state index contributed by atoms with van der Waals surface area (Å²) in [4.78, 5) is 49.6. The Balaban J connectivity index is 1.35. The number of amides is 3. The molecule has 27 heavy (non-hydrogen) atoms. The molecular formula is C19H18N2O6. The first-order valence-electron chi connectivity index (χ1n) is 8.80. The van der Waals surface area contributed by atoms with E-state index in [9.17, 15) is 19.2 Å².